The summed E-state index contributed by atoms with van der Waals surface area (Å²) in [6.45, 7) is 5.51. The predicted molar refractivity (Wildman–Crippen MR) is 59.3 cm³/mol. The fourth-order valence-electron chi connectivity index (χ4n) is 0.951. The van der Waals surface area contributed by atoms with Crippen LogP contribution in [0.2, 0.25) is 0 Å². The number of carboxylic acids is 1. The molecule has 1 aromatic rings. The molecule has 5 heteroatoms. The summed E-state index contributed by atoms with van der Waals surface area (Å²) in [6.07, 6.45) is 1.51. The summed E-state index contributed by atoms with van der Waals surface area (Å²) in [4.78, 5) is 14.9. The van der Waals surface area contributed by atoms with Gasteiger partial charge in [0.15, 0.2) is 0 Å². The van der Waals surface area contributed by atoms with Crippen LogP contribution in [0.4, 0.5) is 0 Å². The first-order valence-corrected chi connectivity index (χ1v) is 5.17. The van der Waals surface area contributed by atoms with Crippen molar-refractivity contribution < 1.29 is 14.6 Å². The van der Waals surface area contributed by atoms with Crippen LogP contribution in [0.5, 0.6) is 5.88 Å². The van der Waals surface area contributed by atoms with Crippen molar-refractivity contribution in [1.82, 2.24) is 4.98 Å². The van der Waals surface area contributed by atoms with E-state index in [0.29, 0.717) is 4.47 Å². The zero-order valence-electron chi connectivity index (χ0n) is 8.74. The number of hydrogen-bond acceptors (Lipinski definition) is 3. The van der Waals surface area contributed by atoms with Gasteiger partial charge in [-0.2, -0.15) is 0 Å². The molecule has 0 aliphatic carbocycles. The van der Waals surface area contributed by atoms with E-state index in [0.717, 1.165) is 0 Å². The van der Waals surface area contributed by atoms with Gasteiger partial charge in [0.25, 0.3) is 0 Å². The first kappa shape index (κ1) is 12.0. The normalized spacial score (nSPS) is 11.2. The van der Waals surface area contributed by atoms with Crippen molar-refractivity contribution in [2.24, 2.45) is 0 Å². The van der Waals surface area contributed by atoms with E-state index < -0.39 is 11.6 Å². The van der Waals surface area contributed by atoms with Gasteiger partial charge in [-0.3, -0.25) is 0 Å². The van der Waals surface area contributed by atoms with E-state index in [-0.39, 0.29) is 11.4 Å². The molecule has 0 saturated heterocycles. The molecular weight excluding hydrogens is 262 g/mol. The van der Waals surface area contributed by atoms with Gasteiger partial charge in [0.2, 0.25) is 5.88 Å². The maximum atomic E-state index is 10.9. The highest BCUT2D eigenvalue weighted by Crippen LogP contribution is 2.23. The van der Waals surface area contributed by atoms with E-state index >= 15 is 0 Å². The Bertz CT molecular complexity index is 385. The van der Waals surface area contributed by atoms with Gasteiger partial charge >= 0.3 is 5.97 Å². The quantitative estimate of drug-likeness (QED) is 0.900. The van der Waals surface area contributed by atoms with E-state index in [1.165, 1.54) is 12.3 Å². The number of carboxylic acid groups (broad SMARTS) is 1. The van der Waals surface area contributed by atoms with E-state index in [4.69, 9.17) is 9.84 Å². The molecule has 15 heavy (non-hydrogen) atoms. The van der Waals surface area contributed by atoms with Crippen molar-refractivity contribution in [3.8, 4) is 5.88 Å². The molecule has 1 heterocycles. The zero-order valence-corrected chi connectivity index (χ0v) is 10.3. The Kier molecular flexibility index (Phi) is 3.34. The highest BCUT2D eigenvalue weighted by Gasteiger charge is 2.19. The van der Waals surface area contributed by atoms with Gasteiger partial charge in [-0.15, -0.1) is 0 Å². The molecule has 0 saturated carbocycles. The Morgan fingerprint density at radius 1 is 1.53 bits per heavy atom. The van der Waals surface area contributed by atoms with E-state index in [1.54, 1.807) is 0 Å². The van der Waals surface area contributed by atoms with Gasteiger partial charge in [0.05, 0.1) is 0 Å². The van der Waals surface area contributed by atoms with Crippen LogP contribution in [-0.2, 0) is 0 Å². The molecule has 0 fully saturated rings. The van der Waals surface area contributed by atoms with Gasteiger partial charge in [-0.1, -0.05) is 0 Å². The Hall–Kier alpha value is -1.10. The van der Waals surface area contributed by atoms with Crippen LogP contribution in [0.25, 0.3) is 0 Å². The molecule has 4 nitrogen and oxygen atoms in total. The minimum atomic E-state index is -1.05. The minimum Gasteiger partial charge on any atom is -0.477 e. The molecule has 0 unspecified atom stereocenters. The Morgan fingerprint density at radius 2 is 2.13 bits per heavy atom. The summed E-state index contributed by atoms with van der Waals surface area (Å²) in [6, 6.07) is 1.47. The third-order valence-electron chi connectivity index (χ3n) is 1.45. The largest absolute Gasteiger partial charge is 0.477 e. The average molecular weight is 274 g/mol. The molecule has 0 atom stereocenters. The van der Waals surface area contributed by atoms with Crippen LogP contribution < -0.4 is 4.74 Å². The summed E-state index contributed by atoms with van der Waals surface area (Å²) < 4.78 is 6.05. The summed E-state index contributed by atoms with van der Waals surface area (Å²) in [5.74, 6) is -0.916. The lowest BCUT2D eigenvalue weighted by molar-refractivity contribution is 0.0677. The molecular formula is C10H12BrNO3. The molecule has 1 aromatic heterocycles. The number of ether oxygens (including phenoxy) is 1. The van der Waals surface area contributed by atoms with Gasteiger partial charge in [0.1, 0.15) is 11.2 Å². The van der Waals surface area contributed by atoms with E-state index in [1.807, 2.05) is 20.8 Å². The third-order valence-corrected chi connectivity index (χ3v) is 1.88. The Balaban J connectivity index is 3.12. The zero-order chi connectivity index (χ0) is 11.6. The van der Waals surface area contributed by atoms with Gasteiger partial charge in [-0.05, 0) is 42.8 Å². The number of pyridine rings is 1. The maximum absolute atomic E-state index is 10.9. The second-order valence-corrected chi connectivity index (χ2v) is 4.94. The van der Waals surface area contributed by atoms with Crippen LogP contribution in [0.1, 0.15) is 31.1 Å². The van der Waals surface area contributed by atoms with Gasteiger partial charge in [0, 0.05) is 10.7 Å². The molecule has 0 aromatic carbocycles. The number of rotatable bonds is 2. The summed E-state index contributed by atoms with van der Waals surface area (Å²) in [5.41, 5.74) is -0.412. The van der Waals surface area contributed by atoms with Crippen molar-refractivity contribution in [3.63, 3.8) is 0 Å². The van der Waals surface area contributed by atoms with Crippen LogP contribution in [0.15, 0.2) is 16.7 Å². The highest BCUT2D eigenvalue weighted by molar-refractivity contribution is 9.10. The molecule has 1 rings (SSSR count). The standard InChI is InChI=1S/C10H12BrNO3/c1-10(2,3)15-8-7(9(13)14)4-6(11)5-12-8/h4-5H,1-3H3,(H,13,14). The van der Waals surface area contributed by atoms with Crippen LogP contribution in [0, 0.1) is 0 Å². The van der Waals surface area contributed by atoms with Crippen LogP contribution in [-0.4, -0.2) is 21.7 Å². The molecule has 1 N–H and O–H groups in total. The van der Waals surface area contributed by atoms with Crippen LogP contribution >= 0.6 is 15.9 Å². The first-order chi connectivity index (χ1) is 6.79. The predicted octanol–water partition coefficient (Wildman–Crippen LogP) is 2.72. The Labute approximate surface area is 96.4 Å². The summed E-state index contributed by atoms with van der Waals surface area (Å²) in [7, 11) is 0. The Morgan fingerprint density at radius 3 is 2.60 bits per heavy atom. The smallest absolute Gasteiger partial charge is 0.341 e. The molecule has 0 aliphatic rings. The molecule has 0 amide bonds. The number of halogens is 1. The summed E-state index contributed by atoms with van der Waals surface area (Å²) >= 11 is 3.16. The number of hydrogen-bond donors (Lipinski definition) is 1. The fraction of sp³-hybridized carbons (Fsp3) is 0.400. The number of aromatic nitrogens is 1. The number of nitrogens with zero attached hydrogens (tertiary/aromatic N) is 1. The summed E-state index contributed by atoms with van der Waals surface area (Å²) in [5, 5.41) is 8.95. The second-order valence-electron chi connectivity index (χ2n) is 4.03. The highest BCUT2D eigenvalue weighted by atomic mass is 79.9. The van der Waals surface area contributed by atoms with Crippen molar-refractivity contribution in [3.05, 3.63) is 22.3 Å². The van der Waals surface area contributed by atoms with Crippen molar-refractivity contribution >= 4 is 21.9 Å². The molecule has 0 radical (unpaired) electrons. The molecule has 0 aliphatic heterocycles. The molecule has 82 valence electrons. The van der Waals surface area contributed by atoms with Crippen molar-refractivity contribution in [2.75, 3.05) is 0 Å². The topological polar surface area (TPSA) is 59.4 Å². The second kappa shape index (κ2) is 4.18. The lowest BCUT2D eigenvalue weighted by Crippen LogP contribution is -2.24. The lowest BCUT2D eigenvalue weighted by atomic mass is 10.2. The average Bonchev–Trinajstić information content (AvgIpc) is 2.05. The fourth-order valence-corrected chi connectivity index (χ4v) is 1.28. The minimum absolute atomic E-state index is 0.0549. The maximum Gasteiger partial charge on any atom is 0.341 e. The van der Waals surface area contributed by atoms with E-state index in [2.05, 4.69) is 20.9 Å². The van der Waals surface area contributed by atoms with Gasteiger partial charge < -0.3 is 9.84 Å². The first-order valence-electron chi connectivity index (χ1n) is 4.37. The van der Waals surface area contributed by atoms with Crippen LogP contribution in [0.3, 0.4) is 0 Å². The van der Waals surface area contributed by atoms with Crippen molar-refractivity contribution in [1.29, 1.82) is 0 Å². The monoisotopic (exact) mass is 273 g/mol. The number of carbonyl (C=O) groups is 1. The SMILES string of the molecule is CC(C)(C)Oc1ncc(Br)cc1C(=O)O. The third kappa shape index (κ3) is 3.51. The van der Waals surface area contributed by atoms with Crippen molar-refractivity contribution in [2.45, 2.75) is 26.4 Å². The molecule has 0 spiro atoms. The van der Waals surface area contributed by atoms with E-state index in [9.17, 15) is 4.79 Å². The number of aromatic carboxylic acids is 1. The van der Waals surface area contributed by atoms with Gasteiger partial charge in [-0.25, -0.2) is 9.78 Å². The molecule has 0 bridgehead atoms. The lowest BCUT2D eigenvalue weighted by Gasteiger charge is -2.21.